The number of hydrogen-bond acceptors (Lipinski definition) is 2. The fraction of sp³-hybridized carbons (Fsp3) is 0.857. The van der Waals surface area contributed by atoms with E-state index in [4.69, 9.17) is 0 Å². The predicted molar refractivity (Wildman–Crippen MR) is 71.8 cm³/mol. The van der Waals surface area contributed by atoms with Gasteiger partial charge in [-0.05, 0) is 43.9 Å². The molecule has 1 saturated carbocycles. The number of aliphatic carboxylic acids is 1. The Balaban J connectivity index is 2.01. The average Bonchev–Trinajstić information content (AvgIpc) is 3.10. The Morgan fingerprint density at radius 1 is 1.21 bits per heavy atom. The summed E-state index contributed by atoms with van der Waals surface area (Å²) in [4.78, 5) is 25.5. The maximum Gasteiger partial charge on any atom is 0.329 e. The number of hydrogen-bond donors (Lipinski definition) is 2. The van der Waals surface area contributed by atoms with E-state index in [9.17, 15) is 14.7 Å². The third kappa shape index (κ3) is 3.01. The maximum atomic E-state index is 12.3. The van der Waals surface area contributed by atoms with Crippen molar-refractivity contribution in [3.05, 3.63) is 0 Å². The zero-order valence-corrected chi connectivity index (χ0v) is 12.0. The Kier molecular flexibility index (Phi) is 3.74. The number of carboxylic acid groups (broad SMARTS) is 1. The summed E-state index contributed by atoms with van der Waals surface area (Å²) in [6, 6.07) is -0.227. The van der Waals surface area contributed by atoms with Crippen LogP contribution in [0.15, 0.2) is 0 Å². The molecular formula is C14H24N2O3. The molecule has 0 bridgehead atoms. The van der Waals surface area contributed by atoms with Crippen LogP contribution in [0.2, 0.25) is 0 Å². The minimum absolute atomic E-state index is 0.0774. The summed E-state index contributed by atoms with van der Waals surface area (Å²) in [6.07, 6.45) is 2.90. The van der Waals surface area contributed by atoms with Gasteiger partial charge in [-0.25, -0.2) is 9.59 Å². The first-order valence-electron chi connectivity index (χ1n) is 7.13. The van der Waals surface area contributed by atoms with Crippen LogP contribution in [0.25, 0.3) is 0 Å². The summed E-state index contributed by atoms with van der Waals surface area (Å²) in [5, 5.41) is 12.1. The van der Waals surface area contributed by atoms with Crippen LogP contribution in [0, 0.1) is 17.8 Å². The van der Waals surface area contributed by atoms with Crippen molar-refractivity contribution in [2.75, 3.05) is 13.1 Å². The first kappa shape index (κ1) is 14.2. The molecule has 1 heterocycles. The first-order valence-corrected chi connectivity index (χ1v) is 7.13. The van der Waals surface area contributed by atoms with E-state index in [0.717, 1.165) is 32.4 Å². The third-order valence-corrected chi connectivity index (χ3v) is 4.36. The number of urea groups is 1. The molecule has 5 nitrogen and oxygen atoms in total. The zero-order chi connectivity index (χ0) is 14.2. The van der Waals surface area contributed by atoms with Crippen LogP contribution >= 0.6 is 0 Å². The first-order chi connectivity index (χ1) is 8.83. The van der Waals surface area contributed by atoms with Crippen LogP contribution in [-0.4, -0.2) is 40.6 Å². The van der Waals surface area contributed by atoms with Crippen molar-refractivity contribution in [2.45, 2.75) is 45.6 Å². The van der Waals surface area contributed by atoms with Crippen molar-refractivity contribution >= 4 is 12.0 Å². The molecule has 2 aliphatic rings. The standard InChI is InChI=1S/C14H24N2O3/c1-9-6-10(2)8-16(7-9)13(19)15-14(3,12(17)18)11-4-5-11/h9-11H,4-8H2,1-3H3,(H,15,19)(H,17,18). The minimum atomic E-state index is -1.11. The lowest BCUT2D eigenvalue weighted by Crippen LogP contribution is -2.59. The van der Waals surface area contributed by atoms with Crippen molar-refractivity contribution in [3.8, 4) is 0 Å². The monoisotopic (exact) mass is 268 g/mol. The van der Waals surface area contributed by atoms with Gasteiger partial charge in [0.2, 0.25) is 0 Å². The van der Waals surface area contributed by atoms with E-state index in [-0.39, 0.29) is 11.9 Å². The second kappa shape index (κ2) is 5.02. The van der Waals surface area contributed by atoms with E-state index < -0.39 is 11.5 Å². The van der Waals surface area contributed by atoms with E-state index in [2.05, 4.69) is 19.2 Å². The number of rotatable bonds is 3. The predicted octanol–water partition coefficient (Wildman–Crippen LogP) is 1.93. The van der Waals surface area contributed by atoms with Crippen molar-refractivity contribution in [3.63, 3.8) is 0 Å². The largest absolute Gasteiger partial charge is 0.480 e. The number of likely N-dealkylation sites (tertiary alicyclic amines) is 1. The Morgan fingerprint density at radius 2 is 1.74 bits per heavy atom. The van der Waals surface area contributed by atoms with E-state index >= 15 is 0 Å². The smallest absolute Gasteiger partial charge is 0.329 e. The molecule has 1 aliphatic heterocycles. The van der Waals surface area contributed by atoms with Crippen molar-refractivity contribution < 1.29 is 14.7 Å². The van der Waals surface area contributed by atoms with Gasteiger partial charge in [-0.15, -0.1) is 0 Å². The number of nitrogens with one attached hydrogen (secondary N) is 1. The average molecular weight is 268 g/mol. The lowest BCUT2D eigenvalue weighted by atomic mass is 9.92. The fourth-order valence-electron chi connectivity index (χ4n) is 3.12. The summed E-state index contributed by atoms with van der Waals surface area (Å²) in [5.74, 6) is 0.105. The topological polar surface area (TPSA) is 69.6 Å². The molecule has 1 aliphatic carbocycles. The number of nitrogens with zero attached hydrogens (tertiary/aromatic N) is 1. The van der Waals surface area contributed by atoms with Crippen molar-refractivity contribution in [1.29, 1.82) is 0 Å². The molecule has 2 amide bonds. The Labute approximate surface area is 114 Å². The zero-order valence-electron chi connectivity index (χ0n) is 12.0. The van der Waals surface area contributed by atoms with Gasteiger partial charge in [-0.2, -0.15) is 0 Å². The molecule has 19 heavy (non-hydrogen) atoms. The van der Waals surface area contributed by atoms with E-state index in [1.807, 2.05) is 0 Å². The number of amides is 2. The summed E-state index contributed by atoms with van der Waals surface area (Å²) >= 11 is 0. The Hall–Kier alpha value is -1.26. The summed E-state index contributed by atoms with van der Waals surface area (Å²) in [6.45, 7) is 7.33. The second-order valence-electron chi connectivity index (χ2n) is 6.56. The second-order valence-corrected chi connectivity index (χ2v) is 6.56. The highest BCUT2D eigenvalue weighted by atomic mass is 16.4. The fourth-order valence-corrected chi connectivity index (χ4v) is 3.12. The molecule has 3 unspecified atom stereocenters. The normalized spacial score (nSPS) is 30.6. The molecule has 0 spiro atoms. The van der Waals surface area contributed by atoms with Gasteiger partial charge in [0.05, 0.1) is 0 Å². The van der Waals surface area contributed by atoms with Crippen LogP contribution in [0.5, 0.6) is 0 Å². The highest BCUT2D eigenvalue weighted by molar-refractivity contribution is 5.86. The highest BCUT2D eigenvalue weighted by Crippen LogP contribution is 2.40. The molecule has 0 aromatic heterocycles. The number of carboxylic acids is 1. The van der Waals surface area contributed by atoms with E-state index in [1.165, 1.54) is 0 Å². The van der Waals surface area contributed by atoms with Gasteiger partial charge < -0.3 is 15.3 Å². The lowest BCUT2D eigenvalue weighted by Gasteiger charge is -2.37. The van der Waals surface area contributed by atoms with Crippen molar-refractivity contribution in [2.24, 2.45) is 17.8 Å². The van der Waals surface area contributed by atoms with Gasteiger partial charge in [0.1, 0.15) is 5.54 Å². The number of carbonyl (C=O) groups is 2. The van der Waals surface area contributed by atoms with Gasteiger partial charge in [0.15, 0.2) is 0 Å². The van der Waals surface area contributed by atoms with Gasteiger partial charge in [-0.1, -0.05) is 13.8 Å². The quantitative estimate of drug-likeness (QED) is 0.821. The van der Waals surface area contributed by atoms with Crippen LogP contribution in [-0.2, 0) is 4.79 Å². The summed E-state index contributed by atoms with van der Waals surface area (Å²) < 4.78 is 0. The molecule has 1 saturated heterocycles. The van der Waals surface area contributed by atoms with Gasteiger partial charge in [-0.3, -0.25) is 0 Å². The molecule has 2 N–H and O–H groups in total. The third-order valence-electron chi connectivity index (χ3n) is 4.36. The number of piperidine rings is 1. The van der Waals surface area contributed by atoms with Gasteiger partial charge in [0, 0.05) is 13.1 Å². The molecule has 0 aromatic rings. The maximum absolute atomic E-state index is 12.3. The minimum Gasteiger partial charge on any atom is -0.480 e. The number of carbonyl (C=O) groups excluding carboxylic acids is 1. The Morgan fingerprint density at radius 3 is 2.16 bits per heavy atom. The van der Waals surface area contributed by atoms with Gasteiger partial charge >= 0.3 is 12.0 Å². The lowest BCUT2D eigenvalue weighted by molar-refractivity contribution is -0.144. The summed E-state index contributed by atoms with van der Waals surface area (Å²) in [5.41, 5.74) is -1.11. The van der Waals surface area contributed by atoms with E-state index in [1.54, 1.807) is 11.8 Å². The molecular weight excluding hydrogens is 244 g/mol. The highest BCUT2D eigenvalue weighted by Gasteiger charge is 2.49. The van der Waals surface area contributed by atoms with Crippen LogP contribution < -0.4 is 5.32 Å². The van der Waals surface area contributed by atoms with Crippen molar-refractivity contribution in [1.82, 2.24) is 10.2 Å². The van der Waals surface area contributed by atoms with Crippen LogP contribution in [0.3, 0.4) is 0 Å². The molecule has 0 aromatic carbocycles. The molecule has 2 rings (SSSR count). The molecule has 0 radical (unpaired) electrons. The van der Waals surface area contributed by atoms with Gasteiger partial charge in [0.25, 0.3) is 0 Å². The Bertz CT molecular complexity index is 371. The molecule has 5 heteroatoms. The summed E-state index contributed by atoms with van der Waals surface area (Å²) in [7, 11) is 0. The van der Waals surface area contributed by atoms with Crippen LogP contribution in [0.4, 0.5) is 4.79 Å². The molecule has 2 fully saturated rings. The van der Waals surface area contributed by atoms with Crippen LogP contribution in [0.1, 0.15) is 40.0 Å². The SMILES string of the molecule is CC1CC(C)CN(C(=O)NC(C)(C(=O)O)C2CC2)C1. The van der Waals surface area contributed by atoms with E-state index in [0.29, 0.717) is 11.8 Å². The molecule has 108 valence electrons. The molecule has 3 atom stereocenters.